The lowest BCUT2D eigenvalue weighted by molar-refractivity contribution is 0.258. The van der Waals surface area contributed by atoms with Gasteiger partial charge in [0, 0.05) is 18.4 Å². The van der Waals surface area contributed by atoms with Crippen LogP contribution in [0.2, 0.25) is 0 Å². The molecule has 0 saturated carbocycles. The molecule has 2 rings (SSSR count). The number of anilines is 2. The number of nitrogens with zero attached hydrogens (tertiary/aromatic N) is 2. The number of amides is 2. The lowest BCUT2D eigenvalue weighted by atomic mass is 10.2. The van der Waals surface area contributed by atoms with Crippen molar-refractivity contribution in [2.75, 3.05) is 17.3 Å². The fourth-order valence-electron chi connectivity index (χ4n) is 1.63. The number of benzene rings is 2. The van der Waals surface area contributed by atoms with Crippen molar-refractivity contribution in [1.29, 1.82) is 5.26 Å². The number of rotatable bonds is 2. The normalized spacial score (nSPS) is 9.47. The third kappa shape index (κ3) is 3.11. The Balaban J connectivity index is 2.13. The minimum atomic E-state index is -0.249. The average Bonchev–Trinajstić information content (AvgIpc) is 2.47. The summed E-state index contributed by atoms with van der Waals surface area (Å²) in [5.41, 5.74) is 1.93. The molecule has 0 radical (unpaired) electrons. The molecule has 0 spiro atoms. The van der Waals surface area contributed by atoms with Crippen molar-refractivity contribution in [2.45, 2.75) is 0 Å². The van der Waals surface area contributed by atoms with E-state index < -0.39 is 0 Å². The van der Waals surface area contributed by atoms with Crippen LogP contribution in [0, 0.1) is 11.3 Å². The summed E-state index contributed by atoms with van der Waals surface area (Å²) in [6.07, 6.45) is 0. The van der Waals surface area contributed by atoms with Gasteiger partial charge in [0.05, 0.1) is 11.6 Å². The summed E-state index contributed by atoms with van der Waals surface area (Å²) in [4.78, 5) is 13.5. The number of urea groups is 1. The maximum absolute atomic E-state index is 12.0. The summed E-state index contributed by atoms with van der Waals surface area (Å²) in [6.45, 7) is 0. The first kappa shape index (κ1) is 12.7. The highest BCUT2D eigenvalue weighted by Crippen LogP contribution is 2.16. The van der Waals surface area contributed by atoms with Crippen molar-refractivity contribution in [3.05, 3.63) is 60.2 Å². The molecule has 2 aromatic rings. The smallest absolute Gasteiger partial charge is 0.308 e. The van der Waals surface area contributed by atoms with Gasteiger partial charge in [0.1, 0.15) is 0 Å². The van der Waals surface area contributed by atoms with Crippen molar-refractivity contribution in [2.24, 2.45) is 0 Å². The van der Waals surface area contributed by atoms with Crippen LogP contribution in [-0.2, 0) is 0 Å². The second-order valence-electron chi connectivity index (χ2n) is 4.02. The van der Waals surface area contributed by atoms with Gasteiger partial charge in [-0.3, -0.25) is 4.90 Å². The molecule has 0 unspecified atom stereocenters. The maximum Gasteiger partial charge on any atom is 0.326 e. The Kier molecular flexibility index (Phi) is 3.79. The molecule has 1 N–H and O–H groups in total. The molecule has 4 heteroatoms. The summed E-state index contributed by atoms with van der Waals surface area (Å²) in [6, 6.07) is 17.9. The molecule has 0 aromatic heterocycles. The minimum Gasteiger partial charge on any atom is -0.308 e. The van der Waals surface area contributed by atoms with Crippen molar-refractivity contribution in [1.82, 2.24) is 0 Å². The van der Waals surface area contributed by atoms with Gasteiger partial charge >= 0.3 is 6.03 Å². The average molecular weight is 251 g/mol. The predicted molar refractivity (Wildman–Crippen MR) is 75.0 cm³/mol. The van der Waals surface area contributed by atoms with Gasteiger partial charge in [0.2, 0.25) is 0 Å². The molecule has 4 nitrogen and oxygen atoms in total. The van der Waals surface area contributed by atoms with Crippen molar-refractivity contribution < 1.29 is 4.79 Å². The Morgan fingerprint density at radius 2 is 1.89 bits per heavy atom. The van der Waals surface area contributed by atoms with Gasteiger partial charge in [0.15, 0.2) is 0 Å². The van der Waals surface area contributed by atoms with Gasteiger partial charge in [-0.2, -0.15) is 5.26 Å². The zero-order valence-corrected chi connectivity index (χ0v) is 10.5. The highest BCUT2D eigenvalue weighted by atomic mass is 16.2. The Morgan fingerprint density at radius 1 is 1.16 bits per heavy atom. The summed E-state index contributed by atoms with van der Waals surface area (Å²) in [5.74, 6) is 0. The SMILES string of the molecule is CN(C(=O)Nc1ccccc1)c1cccc(C#N)c1. The van der Waals surface area contributed by atoms with E-state index >= 15 is 0 Å². The van der Waals surface area contributed by atoms with E-state index in [1.165, 1.54) is 4.90 Å². The van der Waals surface area contributed by atoms with Gasteiger partial charge in [-0.25, -0.2) is 4.79 Å². The van der Waals surface area contributed by atoms with Crippen LogP contribution in [0.15, 0.2) is 54.6 Å². The van der Waals surface area contributed by atoms with Crippen molar-refractivity contribution in [3.63, 3.8) is 0 Å². The fraction of sp³-hybridized carbons (Fsp3) is 0.0667. The standard InChI is InChI=1S/C15H13N3O/c1-18(14-9-5-6-12(10-14)11-16)15(19)17-13-7-3-2-4-8-13/h2-10H,1H3,(H,17,19). The number of hydrogen-bond donors (Lipinski definition) is 1. The molecule has 19 heavy (non-hydrogen) atoms. The highest BCUT2D eigenvalue weighted by molar-refractivity contribution is 6.01. The Labute approximate surface area is 111 Å². The quantitative estimate of drug-likeness (QED) is 0.890. The zero-order chi connectivity index (χ0) is 13.7. The Morgan fingerprint density at radius 3 is 2.58 bits per heavy atom. The van der Waals surface area contributed by atoms with Gasteiger partial charge in [-0.1, -0.05) is 24.3 Å². The van der Waals surface area contributed by atoms with Crippen molar-refractivity contribution >= 4 is 17.4 Å². The first-order valence-corrected chi connectivity index (χ1v) is 5.80. The fourth-order valence-corrected chi connectivity index (χ4v) is 1.63. The molecular formula is C15H13N3O. The third-order valence-electron chi connectivity index (χ3n) is 2.69. The number of hydrogen-bond acceptors (Lipinski definition) is 2. The van der Waals surface area contributed by atoms with E-state index in [1.54, 1.807) is 31.3 Å². The molecule has 2 amide bonds. The van der Waals surface area contributed by atoms with E-state index in [-0.39, 0.29) is 6.03 Å². The van der Waals surface area contributed by atoms with E-state index in [0.717, 1.165) is 5.69 Å². The first-order valence-electron chi connectivity index (χ1n) is 5.80. The summed E-state index contributed by atoms with van der Waals surface area (Å²) in [7, 11) is 1.66. The summed E-state index contributed by atoms with van der Waals surface area (Å²) < 4.78 is 0. The van der Waals surface area contributed by atoms with Crippen LogP contribution < -0.4 is 10.2 Å². The summed E-state index contributed by atoms with van der Waals surface area (Å²) >= 11 is 0. The van der Waals surface area contributed by atoms with Crippen LogP contribution in [0.5, 0.6) is 0 Å². The molecule has 0 heterocycles. The zero-order valence-electron chi connectivity index (χ0n) is 10.5. The number of para-hydroxylation sites is 1. The predicted octanol–water partition coefficient (Wildman–Crippen LogP) is 3.23. The topological polar surface area (TPSA) is 56.1 Å². The van der Waals surface area contributed by atoms with E-state index in [9.17, 15) is 4.79 Å². The summed E-state index contributed by atoms with van der Waals surface area (Å²) in [5, 5.41) is 11.6. The Hall–Kier alpha value is -2.80. The van der Waals surface area contributed by atoms with Gasteiger partial charge in [0.25, 0.3) is 0 Å². The first-order chi connectivity index (χ1) is 9.20. The van der Waals surface area contributed by atoms with Crippen LogP contribution in [-0.4, -0.2) is 13.1 Å². The van der Waals surface area contributed by atoms with Gasteiger partial charge in [-0.05, 0) is 30.3 Å². The molecule has 0 aliphatic rings. The van der Waals surface area contributed by atoms with E-state index in [0.29, 0.717) is 11.3 Å². The molecule has 0 bridgehead atoms. The molecule has 94 valence electrons. The van der Waals surface area contributed by atoms with E-state index in [4.69, 9.17) is 5.26 Å². The monoisotopic (exact) mass is 251 g/mol. The Bertz CT molecular complexity index is 617. The third-order valence-corrected chi connectivity index (χ3v) is 2.69. The lowest BCUT2D eigenvalue weighted by Gasteiger charge is -2.18. The minimum absolute atomic E-state index is 0.249. The molecule has 0 atom stereocenters. The molecule has 0 fully saturated rings. The highest BCUT2D eigenvalue weighted by Gasteiger charge is 2.11. The number of carbonyl (C=O) groups excluding carboxylic acids is 1. The largest absolute Gasteiger partial charge is 0.326 e. The molecule has 0 aliphatic heterocycles. The number of nitrogens with one attached hydrogen (secondary N) is 1. The van der Waals surface area contributed by atoms with Crippen LogP contribution >= 0.6 is 0 Å². The molecule has 2 aromatic carbocycles. The van der Waals surface area contributed by atoms with Crippen LogP contribution in [0.4, 0.5) is 16.2 Å². The molecule has 0 saturated heterocycles. The number of nitriles is 1. The molecule has 0 aliphatic carbocycles. The van der Waals surface area contributed by atoms with E-state index in [2.05, 4.69) is 11.4 Å². The van der Waals surface area contributed by atoms with Crippen LogP contribution in [0.25, 0.3) is 0 Å². The molecular weight excluding hydrogens is 238 g/mol. The van der Waals surface area contributed by atoms with Crippen LogP contribution in [0.1, 0.15) is 5.56 Å². The second-order valence-corrected chi connectivity index (χ2v) is 4.02. The van der Waals surface area contributed by atoms with Crippen molar-refractivity contribution in [3.8, 4) is 6.07 Å². The maximum atomic E-state index is 12.0. The van der Waals surface area contributed by atoms with Gasteiger partial charge in [-0.15, -0.1) is 0 Å². The second kappa shape index (κ2) is 5.69. The number of carbonyl (C=O) groups is 1. The van der Waals surface area contributed by atoms with Gasteiger partial charge < -0.3 is 5.32 Å². The van der Waals surface area contributed by atoms with E-state index in [1.807, 2.05) is 30.3 Å². The lowest BCUT2D eigenvalue weighted by Crippen LogP contribution is -2.31. The van der Waals surface area contributed by atoms with Crippen LogP contribution in [0.3, 0.4) is 0 Å².